The average molecular weight is 656 g/mol. The van der Waals surface area contributed by atoms with E-state index in [9.17, 15) is 0 Å². The van der Waals surface area contributed by atoms with Gasteiger partial charge in [-0.1, -0.05) is 130 Å². The van der Waals surface area contributed by atoms with Gasteiger partial charge in [-0.25, -0.2) is 0 Å². The molecule has 0 bridgehead atoms. The molecule has 242 valence electrons. The van der Waals surface area contributed by atoms with Crippen LogP contribution in [0, 0.1) is 0 Å². The molecule has 0 fully saturated rings. The third kappa shape index (κ3) is 7.18. The normalized spacial score (nSPS) is 17.3. The van der Waals surface area contributed by atoms with Gasteiger partial charge < -0.3 is 10.3 Å². The van der Waals surface area contributed by atoms with Gasteiger partial charge in [0.1, 0.15) is 0 Å². The summed E-state index contributed by atoms with van der Waals surface area (Å²) in [4.78, 5) is 3.49. The van der Waals surface area contributed by atoms with Gasteiger partial charge in [-0.2, -0.15) is 0 Å². The van der Waals surface area contributed by atoms with Gasteiger partial charge in [-0.15, -0.1) is 5.73 Å². The van der Waals surface area contributed by atoms with Gasteiger partial charge in [-0.3, -0.25) is 5.84 Å². The highest BCUT2D eigenvalue weighted by Gasteiger charge is 2.21. The molecule has 4 heteroatoms. The van der Waals surface area contributed by atoms with Crippen LogP contribution < -0.4 is 16.2 Å². The second-order valence-corrected chi connectivity index (χ2v) is 12.5. The Labute approximate surface area is 295 Å². The maximum absolute atomic E-state index is 6.08. The number of anilines is 2. The van der Waals surface area contributed by atoms with E-state index in [1.54, 1.807) is 11.8 Å². The number of para-hydroxylation sites is 1. The van der Waals surface area contributed by atoms with Crippen LogP contribution in [0.2, 0.25) is 0 Å². The van der Waals surface area contributed by atoms with Crippen molar-refractivity contribution in [3.8, 4) is 0 Å². The lowest BCUT2D eigenvalue weighted by molar-refractivity contribution is 0.957. The Kier molecular flexibility index (Phi) is 10.6. The van der Waals surface area contributed by atoms with Crippen LogP contribution in [-0.4, -0.2) is 0 Å². The molecule has 3 N–H and O–H groups in total. The SMILES string of the molecule is C=C1/C=C(c2cccc3c2SC=CCC3=C)\C=C/N(c2cccc(C(/C=C(\NN)c3ccccc3)C3=C=CC=C3)c2)c2ccccc21.CC. The smallest absolute Gasteiger partial charge is 0.0533 e. The molecule has 1 aliphatic carbocycles. The molecule has 49 heavy (non-hydrogen) atoms. The fourth-order valence-corrected chi connectivity index (χ4v) is 7.25. The van der Waals surface area contributed by atoms with Crippen LogP contribution in [0.25, 0.3) is 22.4 Å². The number of rotatable bonds is 7. The monoisotopic (exact) mass is 655 g/mol. The highest BCUT2D eigenvalue weighted by atomic mass is 32.2. The molecule has 2 aliphatic heterocycles. The summed E-state index contributed by atoms with van der Waals surface area (Å²) in [5.74, 6) is 6.00. The van der Waals surface area contributed by atoms with Crippen LogP contribution in [0.5, 0.6) is 0 Å². The van der Waals surface area contributed by atoms with E-state index in [-0.39, 0.29) is 5.92 Å². The average Bonchev–Trinajstić information content (AvgIpc) is 3.62. The van der Waals surface area contributed by atoms with Gasteiger partial charge >= 0.3 is 0 Å². The van der Waals surface area contributed by atoms with Gasteiger partial charge in [0.15, 0.2) is 0 Å². The van der Waals surface area contributed by atoms with Crippen molar-refractivity contribution in [2.45, 2.75) is 31.1 Å². The molecular formula is C45H41N3S. The van der Waals surface area contributed by atoms with Crippen molar-refractivity contribution >= 4 is 45.6 Å². The van der Waals surface area contributed by atoms with Crippen LogP contribution in [0.15, 0.2) is 181 Å². The fourth-order valence-electron chi connectivity index (χ4n) is 6.27. The van der Waals surface area contributed by atoms with E-state index in [0.717, 1.165) is 62.5 Å². The van der Waals surface area contributed by atoms with Gasteiger partial charge in [0, 0.05) is 33.8 Å². The molecule has 7 rings (SSSR count). The number of hydrogen-bond acceptors (Lipinski definition) is 4. The zero-order chi connectivity index (χ0) is 34.2. The zero-order valence-electron chi connectivity index (χ0n) is 28.1. The molecule has 0 saturated carbocycles. The standard InChI is InChI=1S/C43H35N3S.C2H6/c1-30-13-12-26-47-43-38(30)21-11-22-39(43)35-24-25-46(42-23-9-8-20-37(42)31(2)27-35)36-19-10-18-34(28-36)40(32-14-6-7-15-32)29-41(45-44)33-16-4-3-5-17-33;1-2/h3-12,14,16-29,40,45H,1-2,13,44H2;1-2H3/b25-24-,35-27+,41-29-;. The van der Waals surface area contributed by atoms with E-state index in [1.807, 2.05) is 44.2 Å². The predicted octanol–water partition coefficient (Wildman–Crippen LogP) is 11.7. The molecule has 4 aromatic rings. The summed E-state index contributed by atoms with van der Waals surface area (Å²) in [5, 5.41) is 2.17. The molecule has 0 aromatic heterocycles. The van der Waals surface area contributed by atoms with Crippen LogP contribution in [-0.2, 0) is 0 Å². The summed E-state index contributed by atoms with van der Waals surface area (Å²) in [5.41, 5.74) is 19.2. The third-order valence-corrected chi connectivity index (χ3v) is 9.64. The topological polar surface area (TPSA) is 41.3 Å². The van der Waals surface area contributed by atoms with Crippen LogP contribution in [0.1, 0.15) is 54.0 Å². The molecule has 3 aliphatic rings. The maximum atomic E-state index is 6.08. The van der Waals surface area contributed by atoms with E-state index in [4.69, 9.17) is 5.84 Å². The van der Waals surface area contributed by atoms with Gasteiger partial charge in [0.2, 0.25) is 0 Å². The summed E-state index contributed by atoms with van der Waals surface area (Å²) in [6.07, 6.45) is 17.9. The molecule has 0 saturated heterocycles. The Morgan fingerprint density at radius 3 is 2.45 bits per heavy atom. The molecule has 0 spiro atoms. The molecule has 1 unspecified atom stereocenters. The first-order chi connectivity index (χ1) is 24.1. The molecule has 4 aromatic carbocycles. The summed E-state index contributed by atoms with van der Waals surface area (Å²) >= 11 is 1.76. The number of fused-ring (bicyclic) bond motifs is 2. The molecule has 1 atom stereocenters. The zero-order valence-corrected chi connectivity index (χ0v) is 28.9. The first kappa shape index (κ1) is 33.4. The number of hydrazine groups is 1. The van der Waals surface area contributed by atoms with Crippen LogP contribution >= 0.6 is 11.8 Å². The summed E-state index contributed by atoms with van der Waals surface area (Å²) < 4.78 is 0. The molecule has 2 heterocycles. The van der Waals surface area contributed by atoms with Crippen molar-refractivity contribution in [3.05, 3.63) is 203 Å². The summed E-state index contributed by atoms with van der Waals surface area (Å²) in [7, 11) is 0. The highest BCUT2D eigenvalue weighted by Crippen LogP contribution is 2.43. The second-order valence-electron chi connectivity index (χ2n) is 11.6. The molecule has 0 radical (unpaired) electrons. The largest absolute Gasteiger partial charge is 0.324 e. The summed E-state index contributed by atoms with van der Waals surface area (Å²) in [6, 6.07) is 33.8. The number of allylic oxidation sites excluding steroid dienone is 10. The lowest BCUT2D eigenvalue weighted by Crippen LogP contribution is -2.21. The van der Waals surface area contributed by atoms with Crippen LogP contribution in [0.3, 0.4) is 0 Å². The first-order valence-electron chi connectivity index (χ1n) is 16.7. The molecule has 3 nitrogen and oxygen atoms in total. The van der Waals surface area contributed by atoms with Crippen molar-refractivity contribution in [2.24, 2.45) is 5.84 Å². The first-order valence-corrected chi connectivity index (χ1v) is 17.6. The lowest BCUT2D eigenvalue weighted by atomic mass is 9.89. The Morgan fingerprint density at radius 2 is 1.65 bits per heavy atom. The van der Waals surface area contributed by atoms with Crippen LogP contribution in [0.4, 0.5) is 11.4 Å². The minimum atomic E-state index is -0.0754. The minimum absolute atomic E-state index is 0.0754. The van der Waals surface area contributed by atoms with E-state index in [1.165, 1.54) is 16.0 Å². The van der Waals surface area contributed by atoms with Gasteiger partial charge in [-0.05, 0) is 99.4 Å². The fraction of sp³-hybridized carbons (Fsp3) is 0.0889. The van der Waals surface area contributed by atoms with E-state index < -0.39 is 0 Å². The third-order valence-electron chi connectivity index (χ3n) is 8.63. The van der Waals surface area contributed by atoms with Gasteiger partial charge in [0.05, 0.1) is 11.4 Å². The van der Waals surface area contributed by atoms with Gasteiger partial charge in [0.25, 0.3) is 0 Å². The number of benzene rings is 4. The lowest BCUT2D eigenvalue weighted by Gasteiger charge is -2.27. The predicted molar refractivity (Wildman–Crippen MR) is 213 cm³/mol. The Hall–Kier alpha value is -5.51. The van der Waals surface area contributed by atoms with E-state index in [0.29, 0.717) is 0 Å². The maximum Gasteiger partial charge on any atom is 0.0533 e. The van der Waals surface area contributed by atoms with Crippen molar-refractivity contribution in [1.29, 1.82) is 0 Å². The number of nitrogens with zero attached hydrogens (tertiary/aromatic N) is 1. The Bertz CT molecular complexity index is 2100. The molecular weight excluding hydrogens is 615 g/mol. The Balaban J connectivity index is 0.00000205. The van der Waals surface area contributed by atoms with Crippen molar-refractivity contribution < 1.29 is 0 Å². The number of thioether (sulfide) groups is 1. The summed E-state index contributed by atoms with van der Waals surface area (Å²) in [6.45, 7) is 12.9. The van der Waals surface area contributed by atoms with Crippen molar-refractivity contribution in [2.75, 3.05) is 4.90 Å². The second kappa shape index (κ2) is 15.6. The molecule has 0 amide bonds. The van der Waals surface area contributed by atoms with Crippen molar-refractivity contribution in [1.82, 2.24) is 5.43 Å². The number of nitrogens with one attached hydrogen (secondary N) is 1. The number of hydrogen-bond donors (Lipinski definition) is 2. The minimum Gasteiger partial charge on any atom is -0.324 e. The van der Waals surface area contributed by atoms with E-state index in [2.05, 4.69) is 150 Å². The highest BCUT2D eigenvalue weighted by molar-refractivity contribution is 8.02. The Morgan fingerprint density at radius 1 is 0.898 bits per heavy atom. The van der Waals surface area contributed by atoms with E-state index >= 15 is 0 Å². The number of nitrogens with two attached hydrogens (primary N) is 1. The van der Waals surface area contributed by atoms with Crippen molar-refractivity contribution in [3.63, 3.8) is 0 Å². The quantitative estimate of drug-likeness (QED) is 0.118.